The number of aromatic amines is 1. The summed E-state index contributed by atoms with van der Waals surface area (Å²) in [4.78, 5) is 0. The van der Waals surface area contributed by atoms with Crippen LogP contribution in [-0.4, -0.2) is 15.3 Å². The molecular formula is C17H16N2O. The largest absolute Gasteiger partial charge is 0.508 e. The highest BCUT2D eigenvalue weighted by molar-refractivity contribution is 5.63. The Kier molecular flexibility index (Phi) is 3.25. The van der Waals surface area contributed by atoms with Gasteiger partial charge in [-0.15, -0.1) is 0 Å². The second kappa shape index (κ2) is 5.21. The summed E-state index contributed by atoms with van der Waals surface area (Å²) in [7, 11) is 0. The number of hydrogen-bond acceptors (Lipinski definition) is 2. The first kappa shape index (κ1) is 12.5. The Labute approximate surface area is 117 Å². The third kappa shape index (κ3) is 2.57. The molecule has 0 aliphatic heterocycles. The first-order chi connectivity index (χ1) is 9.72. The topological polar surface area (TPSA) is 48.9 Å². The number of aryl methyl sites for hydroxylation is 1. The van der Waals surface area contributed by atoms with Gasteiger partial charge in [-0.05, 0) is 36.2 Å². The lowest BCUT2D eigenvalue weighted by molar-refractivity contribution is 0.475. The quantitative estimate of drug-likeness (QED) is 0.758. The normalized spacial score (nSPS) is 10.7. The first-order valence-corrected chi connectivity index (χ1v) is 6.60. The molecule has 0 fully saturated rings. The molecule has 0 aliphatic rings. The number of nitrogens with one attached hydrogen (secondary N) is 1. The van der Waals surface area contributed by atoms with Crippen molar-refractivity contribution in [3.63, 3.8) is 0 Å². The molecule has 0 atom stereocenters. The van der Waals surface area contributed by atoms with Gasteiger partial charge in [0.2, 0.25) is 0 Å². The monoisotopic (exact) mass is 264 g/mol. The summed E-state index contributed by atoms with van der Waals surface area (Å²) in [5.74, 6) is 0.291. The molecule has 0 bridgehead atoms. The lowest BCUT2D eigenvalue weighted by Crippen LogP contribution is -1.87. The van der Waals surface area contributed by atoms with Gasteiger partial charge in [-0.2, -0.15) is 5.10 Å². The van der Waals surface area contributed by atoms with Crippen molar-refractivity contribution in [3.05, 3.63) is 71.4 Å². The van der Waals surface area contributed by atoms with E-state index in [1.165, 1.54) is 5.56 Å². The summed E-state index contributed by atoms with van der Waals surface area (Å²) in [5, 5.41) is 16.8. The van der Waals surface area contributed by atoms with Crippen molar-refractivity contribution in [3.8, 4) is 17.0 Å². The van der Waals surface area contributed by atoms with Crippen LogP contribution in [0.4, 0.5) is 0 Å². The maximum absolute atomic E-state index is 9.29. The molecule has 20 heavy (non-hydrogen) atoms. The predicted molar refractivity (Wildman–Crippen MR) is 79.7 cm³/mol. The van der Waals surface area contributed by atoms with Crippen LogP contribution in [-0.2, 0) is 6.42 Å². The third-order valence-corrected chi connectivity index (χ3v) is 3.38. The molecule has 0 aliphatic carbocycles. The van der Waals surface area contributed by atoms with Gasteiger partial charge in [-0.3, -0.25) is 5.10 Å². The van der Waals surface area contributed by atoms with Crippen LogP contribution in [0.1, 0.15) is 16.8 Å². The van der Waals surface area contributed by atoms with E-state index < -0.39 is 0 Å². The fraction of sp³-hybridized carbons (Fsp3) is 0.118. The Morgan fingerprint density at radius 3 is 2.55 bits per heavy atom. The second-order valence-corrected chi connectivity index (χ2v) is 4.94. The van der Waals surface area contributed by atoms with Gasteiger partial charge in [0.25, 0.3) is 0 Å². The van der Waals surface area contributed by atoms with Gasteiger partial charge in [-0.1, -0.05) is 36.4 Å². The molecule has 100 valence electrons. The van der Waals surface area contributed by atoms with Crippen molar-refractivity contribution >= 4 is 0 Å². The van der Waals surface area contributed by atoms with E-state index in [-0.39, 0.29) is 0 Å². The predicted octanol–water partition coefficient (Wildman–Crippen LogP) is 3.68. The van der Waals surface area contributed by atoms with Crippen LogP contribution >= 0.6 is 0 Å². The number of phenols is 1. The number of rotatable bonds is 3. The molecule has 0 saturated carbocycles. The van der Waals surface area contributed by atoms with Gasteiger partial charge >= 0.3 is 0 Å². The number of nitrogens with zero attached hydrogens (tertiary/aromatic N) is 1. The maximum Gasteiger partial charge on any atom is 0.115 e. The van der Waals surface area contributed by atoms with Gasteiger partial charge < -0.3 is 5.11 Å². The zero-order valence-corrected chi connectivity index (χ0v) is 11.3. The van der Waals surface area contributed by atoms with Crippen molar-refractivity contribution < 1.29 is 5.11 Å². The molecule has 3 aromatic rings. The number of aromatic hydroxyl groups is 1. The van der Waals surface area contributed by atoms with E-state index in [1.807, 2.05) is 24.3 Å². The van der Waals surface area contributed by atoms with E-state index in [9.17, 15) is 5.11 Å². The van der Waals surface area contributed by atoms with E-state index in [2.05, 4.69) is 35.3 Å². The molecule has 3 rings (SSSR count). The Morgan fingerprint density at radius 1 is 1.05 bits per heavy atom. The summed E-state index contributed by atoms with van der Waals surface area (Å²) in [5.41, 5.74) is 5.55. The molecule has 1 aromatic heterocycles. The van der Waals surface area contributed by atoms with Crippen LogP contribution in [0.25, 0.3) is 11.3 Å². The van der Waals surface area contributed by atoms with Gasteiger partial charge in [0.1, 0.15) is 5.75 Å². The highest BCUT2D eigenvalue weighted by atomic mass is 16.3. The van der Waals surface area contributed by atoms with Crippen LogP contribution in [0.3, 0.4) is 0 Å². The third-order valence-electron chi connectivity index (χ3n) is 3.38. The fourth-order valence-corrected chi connectivity index (χ4v) is 2.28. The van der Waals surface area contributed by atoms with Crippen LogP contribution in [0.15, 0.2) is 54.6 Å². The molecule has 2 N–H and O–H groups in total. The average Bonchev–Trinajstić information content (AvgIpc) is 2.90. The standard InChI is InChI=1S/C17H16N2O/c1-12-4-2-3-5-16(12)17-11-14(18-19-17)10-13-6-8-15(20)9-7-13/h2-9,11,20H,10H2,1H3,(H,18,19). The SMILES string of the molecule is Cc1ccccc1-c1cc(Cc2ccc(O)cc2)[nH]n1. The van der Waals surface area contributed by atoms with Crippen molar-refractivity contribution in [1.82, 2.24) is 10.2 Å². The Hall–Kier alpha value is -2.55. The smallest absolute Gasteiger partial charge is 0.115 e. The molecule has 3 nitrogen and oxygen atoms in total. The summed E-state index contributed by atoms with van der Waals surface area (Å²) in [6.45, 7) is 2.09. The first-order valence-electron chi connectivity index (χ1n) is 6.60. The average molecular weight is 264 g/mol. The van der Waals surface area contributed by atoms with Crippen molar-refractivity contribution in [1.29, 1.82) is 0 Å². The molecule has 2 aromatic carbocycles. The van der Waals surface area contributed by atoms with Gasteiger partial charge in [0.05, 0.1) is 5.69 Å². The fourth-order valence-electron chi connectivity index (χ4n) is 2.28. The molecular weight excluding hydrogens is 248 g/mol. The lowest BCUT2D eigenvalue weighted by atomic mass is 10.0. The van der Waals surface area contributed by atoms with Gasteiger partial charge in [0, 0.05) is 17.7 Å². The van der Waals surface area contributed by atoms with Crippen LogP contribution in [0, 0.1) is 6.92 Å². The van der Waals surface area contributed by atoms with Gasteiger partial charge in [0.15, 0.2) is 0 Å². The van der Waals surface area contributed by atoms with E-state index >= 15 is 0 Å². The van der Waals surface area contributed by atoms with E-state index in [4.69, 9.17) is 0 Å². The maximum atomic E-state index is 9.29. The van der Waals surface area contributed by atoms with Crippen molar-refractivity contribution in [2.24, 2.45) is 0 Å². The molecule has 0 spiro atoms. The number of H-pyrrole nitrogens is 1. The summed E-state index contributed by atoms with van der Waals surface area (Å²) >= 11 is 0. The Bertz CT molecular complexity index is 714. The van der Waals surface area contributed by atoms with E-state index in [1.54, 1.807) is 12.1 Å². The summed E-state index contributed by atoms with van der Waals surface area (Å²) < 4.78 is 0. The van der Waals surface area contributed by atoms with E-state index in [0.717, 1.165) is 28.9 Å². The molecule has 0 unspecified atom stereocenters. The summed E-state index contributed by atoms with van der Waals surface area (Å²) in [6, 6.07) is 17.5. The van der Waals surface area contributed by atoms with Gasteiger partial charge in [-0.25, -0.2) is 0 Å². The molecule has 0 saturated heterocycles. The molecule has 1 heterocycles. The van der Waals surface area contributed by atoms with Crippen molar-refractivity contribution in [2.75, 3.05) is 0 Å². The number of aromatic nitrogens is 2. The van der Waals surface area contributed by atoms with Crippen LogP contribution in [0.2, 0.25) is 0 Å². The zero-order chi connectivity index (χ0) is 13.9. The van der Waals surface area contributed by atoms with Crippen LogP contribution < -0.4 is 0 Å². The molecule has 3 heteroatoms. The molecule has 0 amide bonds. The second-order valence-electron chi connectivity index (χ2n) is 4.94. The highest BCUT2D eigenvalue weighted by Crippen LogP contribution is 2.22. The zero-order valence-electron chi connectivity index (χ0n) is 11.3. The molecule has 0 radical (unpaired) electrons. The minimum atomic E-state index is 0.291. The van der Waals surface area contributed by atoms with Crippen molar-refractivity contribution in [2.45, 2.75) is 13.3 Å². The highest BCUT2D eigenvalue weighted by Gasteiger charge is 2.06. The number of hydrogen-bond donors (Lipinski definition) is 2. The Balaban J connectivity index is 1.84. The summed E-state index contributed by atoms with van der Waals surface area (Å²) in [6.07, 6.45) is 0.777. The lowest BCUT2D eigenvalue weighted by Gasteiger charge is -2.00. The number of benzene rings is 2. The minimum Gasteiger partial charge on any atom is -0.508 e. The van der Waals surface area contributed by atoms with Crippen LogP contribution in [0.5, 0.6) is 5.75 Å². The number of phenolic OH excluding ortho intramolecular Hbond substituents is 1. The Morgan fingerprint density at radius 2 is 1.80 bits per heavy atom. The van der Waals surface area contributed by atoms with E-state index in [0.29, 0.717) is 5.75 Å². The minimum absolute atomic E-state index is 0.291.